The predicted octanol–water partition coefficient (Wildman–Crippen LogP) is 2.12. The smallest absolute Gasteiger partial charge is 0.251 e. The summed E-state index contributed by atoms with van der Waals surface area (Å²) in [6.45, 7) is 8.05. The fourth-order valence-electron chi connectivity index (χ4n) is 3.81. The number of amides is 3. The first-order chi connectivity index (χ1) is 15.3. The topological polar surface area (TPSA) is 103 Å². The number of carbonyl (C=O) groups is 3. The molecule has 0 aliphatic carbocycles. The van der Waals surface area contributed by atoms with E-state index in [-0.39, 0.29) is 23.6 Å². The van der Waals surface area contributed by atoms with Crippen molar-refractivity contribution in [2.75, 3.05) is 16.8 Å². The number of pyridine rings is 1. The van der Waals surface area contributed by atoms with Crippen LogP contribution in [0.2, 0.25) is 0 Å². The zero-order chi connectivity index (χ0) is 23.3. The summed E-state index contributed by atoms with van der Waals surface area (Å²) in [5.41, 5.74) is 1.48. The Kier molecular flexibility index (Phi) is 7.58. The van der Waals surface area contributed by atoms with Crippen molar-refractivity contribution >= 4 is 29.2 Å². The number of likely N-dealkylation sites (N-methyl/N-ethyl adjacent to an activating group) is 1. The molecule has 0 saturated carbocycles. The van der Waals surface area contributed by atoms with Crippen LogP contribution in [0.5, 0.6) is 0 Å². The number of benzene rings is 1. The molecule has 170 valence electrons. The average molecular weight is 438 g/mol. The second kappa shape index (κ2) is 10.4. The number of nitrogens with zero attached hydrogens (tertiary/aromatic N) is 2. The van der Waals surface area contributed by atoms with Crippen LogP contribution in [0.4, 0.5) is 11.5 Å². The fourth-order valence-corrected chi connectivity index (χ4v) is 3.81. The number of rotatable bonds is 8. The van der Waals surface area contributed by atoms with Gasteiger partial charge in [0, 0.05) is 18.3 Å². The molecule has 2 heterocycles. The van der Waals surface area contributed by atoms with E-state index in [4.69, 9.17) is 0 Å². The van der Waals surface area contributed by atoms with Crippen molar-refractivity contribution in [3.05, 3.63) is 54.2 Å². The van der Waals surface area contributed by atoms with Gasteiger partial charge in [-0.25, -0.2) is 4.98 Å². The Morgan fingerprint density at radius 1 is 1.09 bits per heavy atom. The van der Waals surface area contributed by atoms with Gasteiger partial charge in [-0.3, -0.25) is 19.3 Å². The van der Waals surface area contributed by atoms with Crippen LogP contribution in [-0.2, 0) is 20.8 Å². The van der Waals surface area contributed by atoms with Crippen LogP contribution in [-0.4, -0.2) is 47.4 Å². The number of nitrogens with one attached hydrogen (secondary N) is 3. The molecule has 0 bridgehead atoms. The van der Waals surface area contributed by atoms with Crippen LogP contribution in [0.15, 0.2) is 48.7 Å². The molecule has 3 N–H and O–H groups in total. The normalized spacial score (nSPS) is 16.9. The average Bonchev–Trinajstić information content (AvgIpc) is 3.17. The first-order valence-electron chi connectivity index (χ1n) is 11.0. The molecule has 1 aromatic heterocycles. The number of hydrogen-bond acceptors (Lipinski definition) is 5. The summed E-state index contributed by atoms with van der Waals surface area (Å²) in [6, 6.07) is 10.8. The van der Waals surface area contributed by atoms with Gasteiger partial charge in [-0.15, -0.1) is 0 Å². The van der Waals surface area contributed by atoms with E-state index < -0.39 is 18.1 Å². The molecule has 0 radical (unpaired) electrons. The predicted molar refractivity (Wildman–Crippen MR) is 124 cm³/mol. The van der Waals surface area contributed by atoms with E-state index in [9.17, 15) is 14.4 Å². The van der Waals surface area contributed by atoms with Crippen molar-refractivity contribution in [3.63, 3.8) is 0 Å². The Hall–Kier alpha value is -3.26. The summed E-state index contributed by atoms with van der Waals surface area (Å²) in [5, 5.41) is 8.81. The van der Waals surface area contributed by atoms with Crippen LogP contribution >= 0.6 is 0 Å². The lowest BCUT2D eigenvalue weighted by Crippen LogP contribution is -2.58. The number of hydrogen-bond donors (Lipinski definition) is 3. The van der Waals surface area contributed by atoms with Crippen molar-refractivity contribution in [1.82, 2.24) is 15.6 Å². The third-order valence-electron chi connectivity index (χ3n) is 5.54. The summed E-state index contributed by atoms with van der Waals surface area (Å²) in [6.07, 6.45) is 1.97. The maximum absolute atomic E-state index is 13.7. The standard InChI is InChI=1S/C24H31N5O3/c1-5-25-16(4)22(30)28-20(15(2)3)24(32)29-19(14-17-10-9-13-26-21(17)29)23(31)27-18-11-7-6-8-12-18/h6-13,15-16,19-20,25H,5,14H2,1-4H3,(H,27,31)(H,28,30)/t16-,19?,20?/m0/s1. The van der Waals surface area contributed by atoms with Gasteiger partial charge in [-0.1, -0.05) is 45.0 Å². The number of carbonyl (C=O) groups excluding carboxylic acids is 3. The Balaban J connectivity index is 1.88. The molecule has 32 heavy (non-hydrogen) atoms. The van der Waals surface area contributed by atoms with Crippen molar-refractivity contribution in [2.24, 2.45) is 5.92 Å². The highest BCUT2D eigenvalue weighted by Crippen LogP contribution is 2.32. The molecule has 3 rings (SSSR count). The SMILES string of the molecule is CCN[C@@H](C)C(=O)NC(C(=O)N1c2ncccc2CC1C(=O)Nc1ccccc1)C(C)C. The summed E-state index contributed by atoms with van der Waals surface area (Å²) < 4.78 is 0. The van der Waals surface area contributed by atoms with E-state index in [2.05, 4.69) is 20.9 Å². The maximum atomic E-state index is 13.7. The monoisotopic (exact) mass is 437 g/mol. The Bertz CT molecular complexity index is 963. The van der Waals surface area contributed by atoms with E-state index in [0.717, 1.165) is 5.56 Å². The van der Waals surface area contributed by atoms with E-state index in [0.29, 0.717) is 24.5 Å². The van der Waals surface area contributed by atoms with Crippen LogP contribution < -0.4 is 20.9 Å². The third kappa shape index (κ3) is 5.13. The zero-order valence-electron chi connectivity index (χ0n) is 19.0. The first kappa shape index (κ1) is 23.4. The summed E-state index contributed by atoms with van der Waals surface area (Å²) in [4.78, 5) is 45.3. The molecule has 0 spiro atoms. The zero-order valence-corrected chi connectivity index (χ0v) is 19.0. The highest BCUT2D eigenvalue weighted by molar-refractivity contribution is 6.09. The van der Waals surface area contributed by atoms with Crippen LogP contribution in [0.3, 0.4) is 0 Å². The molecular formula is C24H31N5O3. The van der Waals surface area contributed by atoms with Crippen molar-refractivity contribution in [1.29, 1.82) is 0 Å². The molecule has 2 unspecified atom stereocenters. The van der Waals surface area contributed by atoms with E-state index in [1.54, 1.807) is 31.3 Å². The lowest BCUT2D eigenvalue weighted by molar-refractivity contribution is -0.130. The molecule has 2 aromatic rings. The van der Waals surface area contributed by atoms with E-state index >= 15 is 0 Å². The van der Waals surface area contributed by atoms with Crippen molar-refractivity contribution < 1.29 is 14.4 Å². The van der Waals surface area contributed by atoms with Gasteiger partial charge in [-0.2, -0.15) is 0 Å². The minimum atomic E-state index is -0.788. The Labute approximate surface area is 188 Å². The second-order valence-corrected chi connectivity index (χ2v) is 8.28. The Morgan fingerprint density at radius 3 is 2.47 bits per heavy atom. The molecule has 8 nitrogen and oxygen atoms in total. The van der Waals surface area contributed by atoms with Crippen LogP contribution in [0, 0.1) is 5.92 Å². The molecule has 3 atom stereocenters. The largest absolute Gasteiger partial charge is 0.343 e. The van der Waals surface area contributed by atoms with E-state index in [1.807, 2.05) is 45.0 Å². The highest BCUT2D eigenvalue weighted by atomic mass is 16.2. The maximum Gasteiger partial charge on any atom is 0.251 e. The van der Waals surface area contributed by atoms with E-state index in [1.165, 1.54) is 4.90 Å². The van der Waals surface area contributed by atoms with Crippen molar-refractivity contribution in [3.8, 4) is 0 Å². The van der Waals surface area contributed by atoms with Gasteiger partial charge in [-0.05, 0) is 43.1 Å². The minimum Gasteiger partial charge on any atom is -0.343 e. The number of fused-ring (bicyclic) bond motifs is 1. The molecular weight excluding hydrogens is 406 g/mol. The summed E-state index contributed by atoms with van der Waals surface area (Å²) >= 11 is 0. The summed E-state index contributed by atoms with van der Waals surface area (Å²) in [7, 11) is 0. The lowest BCUT2D eigenvalue weighted by atomic mass is 10.0. The van der Waals surface area contributed by atoms with Crippen LogP contribution in [0.1, 0.15) is 33.3 Å². The molecule has 0 saturated heterocycles. The lowest BCUT2D eigenvalue weighted by Gasteiger charge is -2.31. The second-order valence-electron chi connectivity index (χ2n) is 8.28. The molecule has 1 aromatic carbocycles. The molecule has 0 fully saturated rings. The van der Waals surface area contributed by atoms with Crippen LogP contribution in [0.25, 0.3) is 0 Å². The highest BCUT2D eigenvalue weighted by Gasteiger charge is 2.43. The van der Waals surface area contributed by atoms with Gasteiger partial charge < -0.3 is 16.0 Å². The quantitative estimate of drug-likeness (QED) is 0.587. The first-order valence-corrected chi connectivity index (χ1v) is 11.0. The van der Waals surface area contributed by atoms with Gasteiger partial charge >= 0.3 is 0 Å². The number of para-hydroxylation sites is 1. The molecule has 1 aliphatic heterocycles. The summed E-state index contributed by atoms with van der Waals surface area (Å²) in [5.74, 6) is -0.610. The van der Waals surface area contributed by atoms with Crippen molar-refractivity contribution in [2.45, 2.75) is 52.2 Å². The van der Waals surface area contributed by atoms with Gasteiger partial charge in [0.25, 0.3) is 5.91 Å². The van der Waals surface area contributed by atoms with Gasteiger partial charge in [0.05, 0.1) is 6.04 Å². The molecule has 1 aliphatic rings. The Morgan fingerprint density at radius 2 is 1.81 bits per heavy atom. The molecule has 8 heteroatoms. The third-order valence-corrected chi connectivity index (χ3v) is 5.54. The number of anilines is 2. The van der Waals surface area contributed by atoms with Gasteiger partial charge in [0.2, 0.25) is 11.8 Å². The van der Waals surface area contributed by atoms with Gasteiger partial charge in [0.15, 0.2) is 0 Å². The number of aromatic nitrogens is 1. The van der Waals surface area contributed by atoms with Gasteiger partial charge in [0.1, 0.15) is 17.9 Å². The molecule has 3 amide bonds. The fraction of sp³-hybridized carbons (Fsp3) is 0.417. The minimum absolute atomic E-state index is 0.175.